The summed E-state index contributed by atoms with van der Waals surface area (Å²) in [6.45, 7) is 5.61. The smallest absolute Gasteiger partial charge is 0.115 e. The highest BCUT2D eigenvalue weighted by Gasteiger charge is 2.43. The van der Waals surface area contributed by atoms with Crippen LogP contribution in [0.15, 0.2) is 18.7 Å². The van der Waals surface area contributed by atoms with Crippen molar-refractivity contribution < 1.29 is 9.47 Å². The Hall–Kier alpha value is -1.04. The monoisotopic (exact) mass is 291 g/mol. The van der Waals surface area contributed by atoms with Crippen molar-refractivity contribution in [3.05, 3.63) is 24.3 Å². The highest BCUT2D eigenvalue weighted by molar-refractivity contribution is 5.12. The number of hydrogen-bond acceptors (Lipinski definition) is 5. The van der Waals surface area contributed by atoms with Crippen molar-refractivity contribution in [3.8, 4) is 0 Å². The van der Waals surface area contributed by atoms with E-state index >= 15 is 0 Å². The first-order chi connectivity index (χ1) is 10.3. The SMILES string of the molecule is CCCNC(c1cncnc1)C1CCOC2(CCOC2)C1. The van der Waals surface area contributed by atoms with Gasteiger partial charge in [-0.3, -0.25) is 0 Å². The van der Waals surface area contributed by atoms with Gasteiger partial charge in [0, 0.05) is 43.6 Å². The van der Waals surface area contributed by atoms with Gasteiger partial charge < -0.3 is 14.8 Å². The summed E-state index contributed by atoms with van der Waals surface area (Å²) in [5.41, 5.74) is 1.14. The fraction of sp³-hybridized carbons (Fsp3) is 0.750. The lowest BCUT2D eigenvalue weighted by Gasteiger charge is -2.40. The number of rotatable bonds is 5. The molecule has 3 rings (SSSR count). The van der Waals surface area contributed by atoms with Crippen molar-refractivity contribution >= 4 is 0 Å². The first-order valence-corrected chi connectivity index (χ1v) is 8.03. The minimum absolute atomic E-state index is 0.0509. The molecule has 0 amide bonds. The third-order valence-corrected chi connectivity index (χ3v) is 4.62. The molecule has 3 atom stereocenters. The minimum Gasteiger partial charge on any atom is -0.378 e. The second kappa shape index (κ2) is 6.81. The highest BCUT2D eigenvalue weighted by atomic mass is 16.6. The molecular weight excluding hydrogens is 266 g/mol. The Morgan fingerprint density at radius 2 is 2.24 bits per heavy atom. The number of ether oxygens (including phenoxy) is 2. The van der Waals surface area contributed by atoms with E-state index in [4.69, 9.17) is 9.47 Å². The molecule has 1 aromatic heterocycles. The van der Waals surface area contributed by atoms with Gasteiger partial charge in [0.25, 0.3) is 0 Å². The Morgan fingerprint density at radius 3 is 2.95 bits per heavy atom. The molecule has 0 bridgehead atoms. The molecular formula is C16H25N3O2. The number of nitrogens with one attached hydrogen (secondary N) is 1. The maximum atomic E-state index is 6.06. The van der Waals surface area contributed by atoms with E-state index in [1.807, 2.05) is 12.4 Å². The molecule has 5 nitrogen and oxygen atoms in total. The molecule has 3 unspecified atom stereocenters. The van der Waals surface area contributed by atoms with E-state index in [0.717, 1.165) is 52.0 Å². The van der Waals surface area contributed by atoms with Crippen LogP contribution in [0.5, 0.6) is 0 Å². The van der Waals surface area contributed by atoms with Crippen LogP contribution in [0.1, 0.15) is 44.2 Å². The quantitative estimate of drug-likeness (QED) is 0.900. The Labute approximate surface area is 126 Å². The molecule has 2 aliphatic heterocycles. The average Bonchev–Trinajstić information content (AvgIpc) is 2.97. The number of hydrogen-bond donors (Lipinski definition) is 1. The minimum atomic E-state index is -0.0509. The third kappa shape index (κ3) is 3.42. The fourth-order valence-electron chi connectivity index (χ4n) is 3.54. The zero-order valence-corrected chi connectivity index (χ0v) is 12.8. The van der Waals surface area contributed by atoms with Crippen molar-refractivity contribution in [3.63, 3.8) is 0 Å². The molecule has 0 aliphatic carbocycles. The second-order valence-electron chi connectivity index (χ2n) is 6.19. The summed E-state index contributed by atoms with van der Waals surface area (Å²) in [5, 5.41) is 3.69. The molecule has 1 spiro atoms. The lowest BCUT2D eigenvalue weighted by atomic mass is 9.79. The summed E-state index contributed by atoms with van der Waals surface area (Å²) in [5.74, 6) is 0.554. The van der Waals surface area contributed by atoms with Crippen molar-refractivity contribution in [2.75, 3.05) is 26.4 Å². The maximum absolute atomic E-state index is 6.06. The molecule has 2 aliphatic rings. The van der Waals surface area contributed by atoms with Crippen LogP contribution in [0.25, 0.3) is 0 Å². The highest BCUT2D eigenvalue weighted by Crippen LogP contribution is 2.40. The van der Waals surface area contributed by atoms with Crippen LogP contribution < -0.4 is 5.32 Å². The molecule has 21 heavy (non-hydrogen) atoms. The van der Waals surface area contributed by atoms with Gasteiger partial charge >= 0.3 is 0 Å². The summed E-state index contributed by atoms with van der Waals surface area (Å²) >= 11 is 0. The van der Waals surface area contributed by atoms with Crippen LogP contribution in [0.4, 0.5) is 0 Å². The number of nitrogens with zero attached hydrogens (tertiary/aromatic N) is 2. The molecule has 1 N–H and O–H groups in total. The van der Waals surface area contributed by atoms with E-state index in [-0.39, 0.29) is 5.60 Å². The van der Waals surface area contributed by atoms with Gasteiger partial charge in [0.2, 0.25) is 0 Å². The van der Waals surface area contributed by atoms with Gasteiger partial charge in [-0.15, -0.1) is 0 Å². The van der Waals surface area contributed by atoms with E-state index in [9.17, 15) is 0 Å². The average molecular weight is 291 g/mol. The van der Waals surface area contributed by atoms with E-state index in [2.05, 4.69) is 22.2 Å². The van der Waals surface area contributed by atoms with Crippen molar-refractivity contribution in [1.29, 1.82) is 0 Å². The van der Waals surface area contributed by atoms with Gasteiger partial charge in [-0.25, -0.2) is 9.97 Å². The van der Waals surface area contributed by atoms with E-state index in [1.54, 1.807) is 6.33 Å². The summed E-state index contributed by atoms with van der Waals surface area (Å²) in [6.07, 6.45) is 9.76. The summed E-state index contributed by atoms with van der Waals surface area (Å²) in [7, 11) is 0. The predicted octanol–water partition coefficient (Wildman–Crippen LogP) is 2.10. The van der Waals surface area contributed by atoms with Gasteiger partial charge in [0.05, 0.1) is 12.2 Å². The molecule has 0 saturated carbocycles. The number of aromatic nitrogens is 2. The summed E-state index contributed by atoms with van der Waals surface area (Å²) < 4.78 is 11.6. The Kier molecular flexibility index (Phi) is 4.83. The van der Waals surface area contributed by atoms with Crippen molar-refractivity contribution in [1.82, 2.24) is 15.3 Å². The van der Waals surface area contributed by atoms with Crippen LogP contribution in [0.2, 0.25) is 0 Å². The van der Waals surface area contributed by atoms with Crippen molar-refractivity contribution in [2.24, 2.45) is 5.92 Å². The summed E-state index contributed by atoms with van der Waals surface area (Å²) in [4.78, 5) is 8.38. The first kappa shape index (κ1) is 14.9. The largest absolute Gasteiger partial charge is 0.378 e. The lowest BCUT2D eigenvalue weighted by molar-refractivity contribution is -0.103. The molecule has 0 aromatic carbocycles. The third-order valence-electron chi connectivity index (χ3n) is 4.62. The van der Waals surface area contributed by atoms with Crippen LogP contribution in [-0.2, 0) is 9.47 Å². The molecule has 3 heterocycles. The lowest BCUT2D eigenvalue weighted by Crippen LogP contribution is -2.44. The van der Waals surface area contributed by atoms with Crippen LogP contribution in [-0.4, -0.2) is 41.9 Å². The normalized spacial score (nSPS) is 30.6. The standard InChI is InChI=1S/C16H25N3O2/c1-2-5-19-15(14-9-17-12-18-10-14)13-3-6-21-16(8-13)4-7-20-11-16/h9-10,12-13,15,19H,2-8,11H2,1H3. The molecule has 1 aromatic rings. The van der Waals surface area contributed by atoms with Crippen LogP contribution >= 0.6 is 0 Å². The van der Waals surface area contributed by atoms with Crippen LogP contribution in [0, 0.1) is 5.92 Å². The van der Waals surface area contributed by atoms with Gasteiger partial charge in [-0.2, -0.15) is 0 Å². The Bertz CT molecular complexity index is 434. The van der Waals surface area contributed by atoms with Gasteiger partial charge in [-0.1, -0.05) is 6.92 Å². The predicted molar refractivity (Wildman–Crippen MR) is 79.9 cm³/mol. The van der Waals surface area contributed by atoms with E-state index in [0.29, 0.717) is 12.0 Å². The van der Waals surface area contributed by atoms with Gasteiger partial charge in [0.15, 0.2) is 0 Å². The van der Waals surface area contributed by atoms with E-state index in [1.165, 1.54) is 5.56 Å². The second-order valence-corrected chi connectivity index (χ2v) is 6.19. The topological polar surface area (TPSA) is 56.3 Å². The van der Waals surface area contributed by atoms with E-state index < -0.39 is 0 Å². The summed E-state index contributed by atoms with van der Waals surface area (Å²) in [6, 6.07) is 0.313. The zero-order chi connectivity index (χ0) is 14.5. The van der Waals surface area contributed by atoms with Crippen LogP contribution in [0.3, 0.4) is 0 Å². The maximum Gasteiger partial charge on any atom is 0.115 e. The molecule has 2 fully saturated rings. The Morgan fingerprint density at radius 1 is 1.38 bits per heavy atom. The van der Waals surface area contributed by atoms with Crippen molar-refractivity contribution in [2.45, 2.75) is 44.2 Å². The molecule has 5 heteroatoms. The fourth-order valence-corrected chi connectivity index (χ4v) is 3.54. The molecule has 116 valence electrons. The molecule has 0 radical (unpaired) electrons. The van der Waals surface area contributed by atoms with Gasteiger partial charge in [-0.05, 0) is 31.7 Å². The zero-order valence-electron chi connectivity index (χ0n) is 12.8. The molecule has 2 saturated heterocycles. The van der Waals surface area contributed by atoms with Gasteiger partial charge in [0.1, 0.15) is 6.33 Å². The first-order valence-electron chi connectivity index (χ1n) is 8.03. The Balaban J connectivity index is 1.75.